The lowest BCUT2D eigenvalue weighted by Crippen LogP contribution is -2.39. The van der Waals surface area contributed by atoms with Crippen LogP contribution in [0.15, 0.2) is 4.99 Å². The number of nitrogens with zero attached hydrogens (tertiary/aromatic N) is 3. The molecule has 2 rings (SSSR count). The number of hydrogen-bond acceptors (Lipinski definition) is 3. The van der Waals surface area contributed by atoms with Gasteiger partial charge in [0.25, 0.3) is 0 Å². The molecule has 0 spiro atoms. The Kier molecular flexibility index (Phi) is 10.4. The third-order valence-corrected chi connectivity index (χ3v) is 6.12. The van der Waals surface area contributed by atoms with Gasteiger partial charge >= 0.3 is 0 Å². The van der Waals surface area contributed by atoms with Crippen molar-refractivity contribution < 1.29 is 0 Å². The van der Waals surface area contributed by atoms with Crippen LogP contribution in [0.1, 0.15) is 59.3 Å². The molecule has 2 aliphatic heterocycles. The number of guanidine groups is 1. The monoisotopic (exact) mass is 365 g/mol. The molecule has 5 heteroatoms. The fraction of sp³-hybridized carbons (Fsp3) is 0.952. The van der Waals surface area contributed by atoms with Gasteiger partial charge in [-0.1, -0.05) is 13.8 Å². The van der Waals surface area contributed by atoms with E-state index in [1.165, 1.54) is 77.8 Å². The second kappa shape index (κ2) is 12.6. The van der Waals surface area contributed by atoms with Gasteiger partial charge in [0.2, 0.25) is 0 Å². The van der Waals surface area contributed by atoms with Crippen LogP contribution in [0.4, 0.5) is 0 Å². The first-order valence-electron chi connectivity index (χ1n) is 11.2. The molecule has 2 fully saturated rings. The van der Waals surface area contributed by atoms with Crippen molar-refractivity contribution in [3.63, 3.8) is 0 Å². The fourth-order valence-corrected chi connectivity index (χ4v) is 4.10. The molecule has 152 valence electrons. The molecule has 0 aromatic carbocycles. The molecule has 2 saturated heterocycles. The molecule has 2 heterocycles. The molecule has 0 aromatic heterocycles. The summed E-state index contributed by atoms with van der Waals surface area (Å²) in [6.45, 7) is 17.2. The fourth-order valence-electron chi connectivity index (χ4n) is 4.10. The molecule has 0 atom stereocenters. The van der Waals surface area contributed by atoms with Crippen LogP contribution < -0.4 is 10.6 Å². The first-order chi connectivity index (χ1) is 12.7. The number of likely N-dealkylation sites (tertiary alicyclic amines) is 2. The second-order valence-corrected chi connectivity index (χ2v) is 8.23. The summed E-state index contributed by atoms with van der Waals surface area (Å²) < 4.78 is 0. The highest BCUT2D eigenvalue weighted by Crippen LogP contribution is 2.19. The third kappa shape index (κ3) is 8.26. The van der Waals surface area contributed by atoms with Crippen molar-refractivity contribution in [1.29, 1.82) is 0 Å². The highest BCUT2D eigenvalue weighted by atomic mass is 15.2. The van der Waals surface area contributed by atoms with Gasteiger partial charge in [-0.2, -0.15) is 0 Å². The van der Waals surface area contributed by atoms with Crippen molar-refractivity contribution in [3.05, 3.63) is 0 Å². The van der Waals surface area contributed by atoms with Gasteiger partial charge in [0.05, 0.1) is 0 Å². The van der Waals surface area contributed by atoms with Gasteiger partial charge in [-0.05, 0) is 96.6 Å². The molecular formula is C21H43N5. The van der Waals surface area contributed by atoms with Gasteiger partial charge in [-0.25, -0.2) is 0 Å². The Hall–Kier alpha value is -0.810. The summed E-state index contributed by atoms with van der Waals surface area (Å²) in [5.41, 5.74) is 0. The standard InChI is InChI=1S/C21H43N5/c1-4-22-21(23-12-6-14-26-15-8-19(3)9-16-26)24-13-7-20-10-17-25(5-2)18-11-20/h19-20H,4-18H2,1-3H3,(H2,22,23,24). The Morgan fingerprint density at radius 1 is 0.962 bits per heavy atom. The van der Waals surface area contributed by atoms with Crippen LogP contribution in [0.2, 0.25) is 0 Å². The highest BCUT2D eigenvalue weighted by molar-refractivity contribution is 5.79. The van der Waals surface area contributed by atoms with Crippen LogP contribution in [-0.4, -0.2) is 74.7 Å². The normalized spacial score (nSPS) is 21.9. The lowest BCUT2D eigenvalue weighted by atomic mass is 9.93. The Bertz CT molecular complexity index is 382. The summed E-state index contributed by atoms with van der Waals surface area (Å²) in [6, 6.07) is 0. The topological polar surface area (TPSA) is 42.9 Å². The summed E-state index contributed by atoms with van der Waals surface area (Å²) in [5, 5.41) is 6.95. The smallest absolute Gasteiger partial charge is 0.191 e. The maximum absolute atomic E-state index is 4.78. The van der Waals surface area contributed by atoms with E-state index in [0.717, 1.165) is 37.4 Å². The molecule has 0 amide bonds. The van der Waals surface area contributed by atoms with E-state index in [0.29, 0.717) is 0 Å². The molecule has 26 heavy (non-hydrogen) atoms. The summed E-state index contributed by atoms with van der Waals surface area (Å²) in [5.74, 6) is 2.81. The van der Waals surface area contributed by atoms with Crippen LogP contribution in [0.3, 0.4) is 0 Å². The lowest BCUT2D eigenvalue weighted by Gasteiger charge is -2.31. The van der Waals surface area contributed by atoms with Crippen molar-refractivity contribution in [1.82, 2.24) is 20.4 Å². The zero-order valence-electron chi connectivity index (χ0n) is 17.6. The highest BCUT2D eigenvalue weighted by Gasteiger charge is 2.17. The van der Waals surface area contributed by atoms with E-state index in [1.54, 1.807) is 0 Å². The van der Waals surface area contributed by atoms with Gasteiger partial charge in [0.15, 0.2) is 5.96 Å². The van der Waals surface area contributed by atoms with E-state index in [9.17, 15) is 0 Å². The number of nitrogens with one attached hydrogen (secondary N) is 2. The van der Waals surface area contributed by atoms with Gasteiger partial charge in [-0.3, -0.25) is 4.99 Å². The van der Waals surface area contributed by atoms with Crippen molar-refractivity contribution in [2.24, 2.45) is 16.8 Å². The zero-order chi connectivity index (χ0) is 18.6. The number of hydrogen-bond donors (Lipinski definition) is 2. The average Bonchev–Trinajstić information content (AvgIpc) is 2.67. The molecule has 2 N–H and O–H groups in total. The Labute approximate surface area is 162 Å². The predicted octanol–water partition coefficient (Wildman–Crippen LogP) is 2.79. The first kappa shape index (κ1) is 21.5. The molecule has 0 bridgehead atoms. The minimum Gasteiger partial charge on any atom is -0.357 e. The third-order valence-electron chi connectivity index (χ3n) is 6.12. The second-order valence-electron chi connectivity index (χ2n) is 8.23. The van der Waals surface area contributed by atoms with E-state index in [1.807, 2.05) is 0 Å². The Morgan fingerprint density at radius 3 is 2.31 bits per heavy atom. The molecule has 2 aliphatic rings. The largest absolute Gasteiger partial charge is 0.357 e. The van der Waals surface area contributed by atoms with Gasteiger partial charge in [-0.15, -0.1) is 0 Å². The number of rotatable bonds is 9. The van der Waals surface area contributed by atoms with Gasteiger partial charge in [0.1, 0.15) is 0 Å². The SMILES string of the molecule is CCNC(=NCCCN1CCC(C)CC1)NCCC1CCN(CC)CC1. The van der Waals surface area contributed by atoms with Crippen LogP contribution in [0.5, 0.6) is 0 Å². The van der Waals surface area contributed by atoms with Crippen LogP contribution in [0, 0.1) is 11.8 Å². The minimum atomic E-state index is 0.884. The van der Waals surface area contributed by atoms with E-state index in [2.05, 4.69) is 41.2 Å². The van der Waals surface area contributed by atoms with Crippen molar-refractivity contribution in [3.8, 4) is 0 Å². The molecule has 5 nitrogen and oxygen atoms in total. The number of piperidine rings is 2. The Balaban J connectivity index is 1.58. The molecule has 0 unspecified atom stereocenters. The van der Waals surface area contributed by atoms with E-state index in [-0.39, 0.29) is 0 Å². The van der Waals surface area contributed by atoms with E-state index < -0.39 is 0 Å². The van der Waals surface area contributed by atoms with E-state index in [4.69, 9.17) is 4.99 Å². The molecule has 0 aliphatic carbocycles. The summed E-state index contributed by atoms with van der Waals surface area (Å²) in [7, 11) is 0. The minimum absolute atomic E-state index is 0.884. The van der Waals surface area contributed by atoms with Crippen molar-refractivity contribution >= 4 is 5.96 Å². The zero-order valence-corrected chi connectivity index (χ0v) is 17.6. The average molecular weight is 366 g/mol. The summed E-state index contributed by atoms with van der Waals surface area (Å²) in [6.07, 6.45) is 7.89. The van der Waals surface area contributed by atoms with Crippen molar-refractivity contribution in [2.75, 3.05) is 58.9 Å². The van der Waals surface area contributed by atoms with Gasteiger partial charge in [0, 0.05) is 19.6 Å². The quantitative estimate of drug-likeness (QED) is 0.375. The summed E-state index contributed by atoms with van der Waals surface area (Å²) in [4.78, 5) is 9.96. The molecule has 0 saturated carbocycles. The lowest BCUT2D eigenvalue weighted by molar-refractivity contribution is 0.187. The van der Waals surface area contributed by atoms with E-state index >= 15 is 0 Å². The summed E-state index contributed by atoms with van der Waals surface area (Å²) >= 11 is 0. The predicted molar refractivity (Wildman–Crippen MR) is 113 cm³/mol. The van der Waals surface area contributed by atoms with Crippen molar-refractivity contribution in [2.45, 2.75) is 59.3 Å². The maximum atomic E-state index is 4.78. The van der Waals surface area contributed by atoms with Crippen LogP contribution in [-0.2, 0) is 0 Å². The maximum Gasteiger partial charge on any atom is 0.191 e. The first-order valence-corrected chi connectivity index (χ1v) is 11.2. The van der Waals surface area contributed by atoms with Crippen LogP contribution in [0.25, 0.3) is 0 Å². The van der Waals surface area contributed by atoms with Crippen LogP contribution >= 0.6 is 0 Å². The number of aliphatic imine (C=N–C) groups is 1. The Morgan fingerprint density at radius 2 is 1.65 bits per heavy atom. The molecule has 0 radical (unpaired) electrons. The molecule has 0 aromatic rings. The van der Waals surface area contributed by atoms with Gasteiger partial charge < -0.3 is 20.4 Å². The molecular weight excluding hydrogens is 322 g/mol.